The van der Waals surface area contributed by atoms with Gasteiger partial charge in [0.25, 0.3) is 5.91 Å². The first-order valence-corrected chi connectivity index (χ1v) is 16.5. The van der Waals surface area contributed by atoms with Crippen LogP contribution in [-0.2, 0) is 20.7 Å². The average Bonchev–Trinajstić information content (AvgIpc) is 3.82. The van der Waals surface area contributed by atoms with E-state index in [1.54, 1.807) is 12.1 Å². The monoisotopic (exact) mass is 619 g/mol. The number of hydrogen-bond acceptors (Lipinski definition) is 7. The van der Waals surface area contributed by atoms with Crippen molar-refractivity contribution < 1.29 is 19.1 Å². The van der Waals surface area contributed by atoms with E-state index in [0.29, 0.717) is 48.1 Å². The molecule has 3 aromatic carbocycles. The molecule has 2 N–H and O–H groups in total. The normalized spacial score (nSPS) is 19.5. The predicted molar refractivity (Wildman–Crippen MR) is 181 cm³/mol. The smallest absolute Gasteiger partial charge is 0.338 e. The second-order valence-electron chi connectivity index (χ2n) is 12.9. The first-order chi connectivity index (χ1) is 22.4. The number of nitrogens with one attached hydrogen (secondary N) is 2. The number of fused-ring (bicyclic) bond motifs is 2. The molecule has 7 rings (SSSR count). The molecule has 1 saturated heterocycles. The van der Waals surface area contributed by atoms with E-state index in [4.69, 9.17) is 4.74 Å². The Balaban J connectivity index is 1.13. The second-order valence-corrected chi connectivity index (χ2v) is 12.9. The number of esters is 1. The highest BCUT2D eigenvalue weighted by Gasteiger charge is 2.31. The van der Waals surface area contributed by atoms with Crippen molar-refractivity contribution in [2.75, 3.05) is 68.5 Å². The van der Waals surface area contributed by atoms with Crippen LogP contribution in [0, 0.1) is 5.92 Å². The zero-order valence-electron chi connectivity index (χ0n) is 26.4. The number of amides is 2. The van der Waals surface area contributed by atoms with Crippen molar-refractivity contribution in [2.45, 2.75) is 32.1 Å². The Hall–Kier alpha value is -4.47. The van der Waals surface area contributed by atoms with Gasteiger partial charge in [0.05, 0.1) is 35.7 Å². The number of ether oxygens (including phenoxy) is 1. The molecule has 0 atom stereocenters. The SMILES string of the molecule is CN1CCN(CC(=O)N2CCc3cc(N/C(=C4\C(=O)Nc5cc(C(=O)OCC6CCCC6)ccc54)c4ccccc4)ccc32)CC1. The molecule has 9 nitrogen and oxygen atoms in total. The molecule has 0 radical (unpaired) electrons. The first-order valence-electron chi connectivity index (χ1n) is 16.5. The van der Waals surface area contributed by atoms with Gasteiger partial charge >= 0.3 is 5.97 Å². The van der Waals surface area contributed by atoms with E-state index in [2.05, 4.69) is 33.5 Å². The van der Waals surface area contributed by atoms with Crippen LogP contribution in [0.5, 0.6) is 0 Å². The van der Waals surface area contributed by atoms with Crippen LogP contribution in [0.1, 0.15) is 52.7 Å². The third kappa shape index (κ3) is 6.30. The van der Waals surface area contributed by atoms with Gasteiger partial charge in [0.1, 0.15) is 0 Å². The molecule has 0 bridgehead atoms. The van der Waals surface area contributed by atoms with Gasteiger partial charge in [-0.3, -0.25) is 14.5 Å². The molecular formula is C37H41N5O4. The van der Waals surface area contributed by atoms with Crippen molar-refractivity contribution in [3.8, 4) is 0 Å². The van der Waals surface area contributed by atoms with Crippen LogP contribution >= 0.6 is 0 Å². The Bertz CT molecular complexity index is 1670. The molecular weight excluding hydrogens is 578 g/mol. The summed E-state index contributed by atoms with van der Waals surface area (Å²) in [7, 11) is 2.12. The minimum atomic E-state index is -0.364. The first kappa shape index (κ1) is 30.2. The number of likely N-dealkylation sites (N-methyl/N-ethyl adjacent to an activating group) is 1. The molecule has 0 unspecified atom stereocenters. The molecule has 1 aliphatic carbocycles. The zero-order valence-corrected chi connectivity index (χ0v) is 26.4. The quantitative estimate of drug-likeness (QED) is 0.268. The molecule has 3 aliphatic heterocycles. The van der Waals surface area contributed by atoms with Gasteiger partial charge in [0.2, 0.25) is 5.91 Å². The van der Waals surface area contributed by atoms with Crippen molar-refractivity contribution in [3.05, 3.63) is 89.0 Å². The summed E-state index contributed by atoms with van der Waals surface area (Å²) in [5.74, 6) is -0.0224. The third-order valence-corrected chi connectivity index (χ3v) is 9.74. The van der Waals surface area contributed by atoms with Crippen molar-refractivity contribution in [3.63, 3.8) is 0 Å². The van der Waals surface area contributed by atoms with Crippen molar-refractivity contribution in [1.82, 2.24) is 9.80 Å². The predicted octanol–water partition coefficient (Wildman–Crippen LogP) is 5.10. The maximum Gasteiger partial charge on any atom is 0.338 e. The summed E-state index contributed by atoms with van der Waals surface area (Å²) in [4.78, 5) is 46.1. The Morgan fingerprint density at radius 2 is 1.70 bits per heavy atom. The highest BCUT2D eigenvalue weighted by molar-refractivity contribution is 6.37. The van der Waals surface area contributed by atoms with Crippen LogP contribution in [0.2, 0.25) is 0 Å². The third-order valence-electron chi connectivity index (χ3n) is 9.74. The molecule has 9 heteroatoms. The molecule has 2 amide bonds. The van der Waals surface area contributed by atoms with Gasteiger partial charge in [0.15, 0.2) is 0 Å². The summed E-state index contributed by atoms with van der Waals surface area (Å²) in [6.07, 6.45) is 5.38. The number of carbonyl (C=O) groups excluding carboxylic acids is 3. The molecule has 0 aromatic heterocycles. The van der Waals surface area contributed by atoms with E-state index in [-0.39, 0.29) is 17.8 Å². The van der Waals surface area contributed by atoms with Crippen LogP contribution in [0.4, 0.5) is 17.1 Å². The number of nitrogens with zero attached hydrogens (tertiary/aromatic N) is 3. The lowest BCUT2D eigenvalue weighted by Crippen LogP contribution is -2.48. The fraction of sp³-hybridized carbons (Fsp3) is 0.378. The molecule has 46 heavy (non-hydrogen) atoms. The van der Waals surface area contributed by atoms with Gasteiger partial charge in [-0.1, -0.05) is 49.2 Å². The molecule has 0 spiro atoms. The van der Waals surface area contributed by atoms with Gasteiger partial charge in [-0.15, -0.1) is 0 Å². The van der Waals surface area contributed by atoms with E-state index in [0.717, 1.165) is 73.5 Å². The van der Waals surface area contributed by atoms with Crippen molar-refractivity contribution in [2.24, 2.45) is 5.92 Å². The van der Waals surface area contributed by atoms with Gasteiger partial charge in [-0.25, -0.2) is 4.79 Å². The van der Waals surface area contributed by atoms with Gasteiger partial charge in [-0.2, -0.15) is 0 Å². The highest BCUT2D eigenvalue weighted by Crippen LogP contribution is 2.39. The number of piperazine rings is 1. The summed E-state index contributed by atoms with van der Waals surface area (Å²) in [6.45, 7) is 5.32. The summed E-state index contributed by atoms with van der Waals surface area (Å²) in [5.41, 5.74) is 6.70. The average molecular weight is 620 g/mol. The van der Waals surface area contributed by atoms with Crippen LogP contribution in [0.3, 0.4) is 0 Å². The Labute approximate surface area is 270 Å². The maximum absolute atomic E-state index is 13.5. The lowest BCUT2D eigenvalue weighted by Gasteiger charge is -2.32. The Morgan fingerprint density at radius 3 is 2.48 bits per heavy atom. The highest BCUT2D eigenvalue weighted by atomic mass is 16.5. The largest absolute Gasteiger partial charge is 0.462 e. The van der Waals surface area contributed by atoms with Crippen LogP contribution in [0.25, 0.3) is 11.3 Å². The van der Waals surface area contributed by atoms with E-state index in [1.165, 1.54) is 12.8 Å². The number of rotatable bonds is 8. The summed E-state index contributed by atoms with van der Waals surface area (Å²) < 4.78 is 5.62. The fourth-order valence-electron chi connectivity index (χ4n) is 7.05. The number of benzene rings is 3. The lowest BCUT2D eigenvalue weighted by molar-refractivity contribution is -0.120. The van der Waals surface area contributed by atoms with Crippen LogP contribution in [0.15, 0.2) is 66.7 Å². The molecule has 238 valence electrons. The number of carbonyl (C=O) groups is 3. The van der Waals surface area contributed by atoms with E-state index >= 15 is 0 Å². The number of hydrogen-bond donors (Lipinski definition) is 2. The van der Waals surface area contributed by atoms with Crippen LogP contribution < -0.4 is 15.5 Å². The minimum Gasteiger partial charge on any atom is -0.462 e. The lowest BCUT2D eigenvalue weighted by atomic mass is 9.99. The van der Waals surface area contributed by atoms with Gasteiger partial charge < -0.3 is 25.2 Å². The number of anilines is 3. The molecule has 2 fully saturated rings. The van der Waals surface area contributed by atoms with Gasteiger partial charge in [0, 0.05) is 49.7 Å². The van der Waals surface area contributed by atoms with Crippen LogP contribution in [-0.4, -0.2) is 80.5 Å². The minimum absolute atomic E-state index is 0.136. The van der Waals surface area contributed by atoms with E-state index < -0.39 is 0 Å². The Morgan fingerprint density at radius 1 is 0.913 bits per heavy atom. The second kappa shape index (κ2) is 13.1. The van der Waals surface area contributed by atoms with Crippen molar-refractivity contribution >= 4 is 46.1 Å². The molecule has 1 saturated carbocycles. The zero-order chi connectivity index (χ0) is 31.6. The topological polar surface area (TPSA) is 94.2 Å². The van der Waals surface area contributed by atoms with E-state index in [9.17, 15) is 14.4 Å². The standard InChI is InChI=1S/C37H41N5O4/c1-40-17-19-41(20-18-40)23-33(43)42-16-15-27-21-29(12-14-32(27)42)38-35(26-9-3-2-4-10-26)34-30-13-11-28(22-31(30)39-36(34)44)37(45)46-24-25-7-5-6-8-25/h2-4,9-14,21-22,25,38H,5-8,15-20,23-24H2,1H3,(H,39,44)/b35-34-. The molecule has 3 heterocycles. The Kier molecular flexibility index (Phi) is 8.60. The van der Waals surface area contributed by atoms with Gasteiger partial charge in [-0.05, 0) is 73.7 Å². The maximum atomic E-state index is 13.5. The van der Waals surface area contributed by atoms with Crippen molar-refractivity contribution in [1.29, 1.82) is 0 Å². The molecule has 3 aromatic rings. The summed E-state index contributed by atoms with van der Waals surface area (Å²) in [6, 6.07) is 21.1. The summed E-state index contributed by atoms with van der Waals surface area (Å²) >= 11 is 0. The summed E-state index contributed by atoms with van der Waals surface area (Å²) in [5, 5.41) is 6.53. The fourth-order valence-corrected chi connectivity index (χ4v) is 7.05. The van der Waals surface area contributed by atoms with E-state index in [1.807, 2.05) is 53.4 Å². The molecule has 4 aliphatic rings.